The molecule has 0 radical (unpaired) electrons. The zero-order valence-electron chi connectivity index (χ0n) is 13.6. The standard InChI is InChI=1S/C19H21NO3S/c1-14-8-10-17(11-9-14)24(22,23)20-12-18(19(21)13-20)15(2)16-6-4-3-5-7-16/h3-11,18-19,21H,2,12-13H2,1H3/t18-,19+/m0/s1. The minimum absolute atomic E-state index is 0.0900. The van der Waals surface area contributed by atoms with E-state index in [4.69, 9.17) is 0 Å². The minimum atomic E-state index is -3.60. The number of rotatable bonds is 4. The lowest BCUT2D eigenvalue weighted by Gasteiger charge is -2.18. The molecule has 0 aromatic heterocycles. The first-order chi connectivity index (χ1) is 11.4. The van der Waals surface area contributed by atoms with Crippen LogP contribution < -0.4 is 0 Å². The van der Waals surface area contributed by atoms with Crippen molar-refractivity contribution in [2.24, 2.45) is 5.92 Å². The highest BCUT2D eigenvalue weighted by Gasteiger charge is 2.39. The molecular weight excluding hydrogens is 322 g/mol. The monoisotopic (exact) mass is 343 g/mol. The molecule has 126 valence electrons. The molecule has 0 amide bonds. The fourth-order valence-corrected chi connectivity index (χ4v) is 4.50. The second-order valence-electron chi connectivity index (χ2n) is 6.20. The third-order valence-corrected chi connectivity index (χ3v) is 6.35. The van der Waals surface area contributed by atoms with E-state index in [1.807, 2.05) is 37.3 Å². The van der Waals surface area contributed by atoms with Crippen molar-refractivity contribution < 1.29 is 13.5 Å². The maximum atomic E-state index is 12.8. The first-order valence-electron chi connectivity index (χ1n) is 7.88. The highest BCUT2D eigenvalue weighted by Crippen LogP contribution is 2.33. The predicted octanol–water partition coefficient (Wildman–Crippen LogP) is 2.69. The summed E-state index contributed by atoms with van der Waals surface area (Å²) in [5.74, 6) is -0.298. The van der Waals surface area contributed by atoms with Crippen LogP contribution in [-0.4, -0.2) is 37.0 Å². The van der Waals surface area contributed by atoms with Gasteiger partial charge in [-0.25, -0.2) is 8.42 Å². The molecule has 1 aliphatic rings. The molecule has 5 heteroatoms. The number of aliphatic hydroxyl groups excluding tert-OH is 1. The van der Waals surface area contributed by atoms with E-state index in [2.05, 4.69) is 6.58 Å². The smallest absolute Gasteiger partial charge is 0.243 e. The highest BCUT2D eigenvalue weighted by atomic mass is 32.2. The lowest BCUT2D eigenvalue weighted by molar-refractivity contribution is 0.167. The number of β-amino-alcohol motifs (C(OH)–C–C–N with tert-alkyl or cyclic N) is 1. The van der Waals surface area contributed by atoms with Gasteiger partial charge in [0.2, 0.25) is 10.0 Å². The van der Waals surface area contributed by atoms with Crippen LogP contribution >= 0.6 is 0 Å². The zero-order valence-corrected chi connectivity index (χ0v) is 14.4. The van der Waals surface area contributed by atoms with Crippen molar-refractivity contribution in [1.82, 2.24) is 4.31 Å². The van der Waals surface area contributed by atoms with E-state index in [0.717, 1.165) is 16.7 Å². The summed E-state index contributed by atoms with van der Waals surface area (Å²) >= 11 is 0. The Morgan fingerprint density at radius 2 is 1.71 bits per heavy atom. The van der Waals surface area contributed by atoms with Gasteiger partial charge in [-0.15, -0.1) is 0 Å². The van der Waals surface area contributed by atoms with Gasteiger partial charge in [-0.2, -0.15) is 4.31 Å². The van der Waals surface area contributed by atoms with Crippen molar-refractivity contribution in [3.05, 3.63) is 72.3 Å². The minimum Gasteiger partial charge on any atom is -0.391 e. The Bertz CT molecular complexity index is 829. The SMILES string of the molecule is C=C(c1ccccc1)[C@@H]1CN(S(=O)(=O)c2ccc(C)cc2)C[C@H]1O. The fourth-order valence-electron chi connectivity index (χ4n) is 3.02. The van der Waals surface area contributed by atoms with E-state index in [1.54, 1.807) is 24.3 Å². The lowest BCUT2D eigenvalue weighted by Crippen LogP contribution is -2.29. The van der Waals surface area contributed by atoms with Crippen molar-refractivity contribution in [3.63, 3.8) is 0 Å². The number of aryl methyl sites for hydroxylation is 1. The van der Waals surface area contributed by atoms with Crippen molar-refractivity contribution >= 4 is 15.6 Å². The van der Waals surface area contributed by atoms with Gasteiger partial charge in [0.15, 0.2) is 0 Å². The van der Waals surface area contributed by atoms with Crippen LogP contribution in [0.5, 0.6) is 0 Å². The maximum Gasteiger partial charge on any atom is 0.243 e. The number of sulfonamides is 1. The summed E-state index contributed by atoms with van der Waals surface area (Å²) in [5, 5.41) is 10.4. The van der Waals surface area contributed by atoms with Gasteiger partial charge in [-0.05, 0) is 30.2 Å². The summed E-state index contributed by atoms with van der Waals surface area (Å²) in [6.45, 7) is 6.32. The van der Waals surface area contributed by atoms with E-state index >= 15 is 0 Å². The maximum absolute atomic E-state index is 12.8. The Morgan fingerprint density at radius 1 is 1.08 bits per heavy atom. The summed E-state index contributed by atoms with van der Waals surface area (Å²) in [4.78, 5) is 0.256. The van der Waals surface area contributed by atoms with E-state index in [9.17, 15) is 13.5 Å². The van der Waals surface area contributed by atoms with E-state index in [-0.39, 0.29) is 23.9 Å². The normalized spacial score (nSPS) is 21.8. The highest BCUT2D eigenvalue weighted by molar-refractivity contribution is 7.89. The van der Waals surface area contributed by atoms with Crippen LogP contribution in [0.1, 0.15) is 11.1 Å². The molecule has 1 aliphatic heterocycles. The van der Waals surface area contributed by atoms with Crippen LogP contribution in [-0.2, 0) is 10.0 Å². The molecule has 0 unspecified atom stereocenters. The summed E-state index contributed by atoms with van der Waals surface area (Å²) in [7, 11) is -3.60. The van der Waals surface area contributed by atoms with Crippen molar-refractivity contribution in [2.75, 3.05) is 13.1 Å². The van der Waals surface area contributed by atoms with Gasteiger partial charge in [0.1, 0.15) is 0 Å². The van der Waals surface area contributed by atoms with Crippen LogP contribution in [0.15, 0.2) is 66.1 Å². The summed E-state index contributed by atoms with van der Waals surface area (Å²) < 4.78 is 26.9. The Morgan fingerprint density at radius 3 is 2.33 bits per heavy atom. The summed E-state index contributed by atoms with van der Waals surface area (Å²) in [6, 6.07) is 16.3. The average Bonchev–Trinajstić information content (AvgIpc) is 2.98. The van der Waals surface area contributed by atoms with Crippen molar-refractivity contribution in [3.8, 4) is 0 Å². The van der Waals surface area contributed by atoms with Crippen LogP contribution in [0, 0.1) is 12.8 Å². The first-order valence-corrected chi connectivity index (χ1v) is 9.32. The van der Waals surface area contributed by atoms with Crippen LogP contribution in [0.2, 0.25) is 0 Å². The number of hydrogen-bond donors (Lipinski definition) is 1. The summed E-state index contributed by atoms with van der Waals surface area (Å²) in [5.41, 5.74) is 2.70. The van der Waals surface area contributed by atoms with Crippen molar-refractivity contribution in [1.29, 1.82) is 0 Å². The van der Waals surface area contributed by atoms with Gasteiger partial charge in [0, 0.05) is 19.0 Å². The molecule has 2 atom stereocenters. The van der Waals surface area contributed by atoms with E-state index in [1.165, 1.54) is 4.31 Å². The Hall–Kier alpha value is -1.95. The third-order valence-electron chi connectivity index (χ3n) is 4.51. The molecule has 0 aliphatic carbocycles. The third kappa shape index (κ3) is 3.15. The largest absolute Gasteiger partial charge is 0.391 e. The first kappa shape index (κ1) is 16.9. The molecule has 0 bridgehead atoms. The average molecular weight is 343 g/mol. The quantitative estimate of drug-likeness (QED) is 0.928. The molecule has 0 saturated carbocycles. The molecule has 3 rings (SSSR count). The number of hydrogen-bond acceptors (Lipinski definition) is 3. The number of aliphatic hydroxyl groups is 1. The molecule has 1 fully saturated rings. The van der Waals surface area contributed by atoms with E-state index in [0.29, 0.717) is 0 Å². The molecule has 0 spiro atoms. The number of nitrogens with zero attached hydrogens (tertiary/aromatic N) is 1. The molecular formula is C19H21NO3S. The van der Waals surface area contributed by atoms with Gasteiger partial charge in [-0.3, -0.25) is 0 Å². The van der Waals surface area contributed by atoms with Crippen LogP contribution in [0.4, 0.5) is 0 Å². The summed E-state index contributed by atoms with van der Waals surface area (Å²) in [6.07, 6.45) is -0.752. The Balaban J connectivity index is 1.83. The van der Waals surface area contributed by atoms with Crippen molar-refractivity contribution in [2.45, 2.75) is 17.9 Å². The second kappa shape index (κ2) is 6.51. The second-order valence-corrected chi connectivity index (χ2v) is 8.14. The number of benzene rings is 2. The molecule has 1 N–H and O–H groups in total. The molecule has 2 aromatic carbocycles. The van der Waals surface area contributed by atoms with Crippen LogP contribution in [0.3, 0.4) is 0 Å². The fraction of sp³-hybridized carbons (Fsp3) is 0.263. The molecule has 2 aromatic rings. The lowest BCUT2D eigenvalue weighted by atomic mass is 9.92. The van der Waals surface area contributed by atoms with Gasteiger partial charge in [0.25, 0.3) is 0 Å². The van der Waals surface area contributed by atoms with Gasteiger partial charge in [-0.1, -0.05) is 54.6 Å². The molecule has 1 saturated heterocycles. The van der Waals surface area contributed by atoms with Gasteiger partial charge >= 0.3 is 0 Å². The molecule has 4 nitrogen and oxygen atoms in total. The zero-order chi connectivity index (χ0) is 17.3. The van der Waals surface area contributed by atoms with Gasteiger partial charge in [0.05, 0.1) is 11.0 Å². The Kier molecular flexibility index (Phi) is 4.58. The predicted molar refractivity (Wildman–Crippen MR) is 94.9 cm³/mol. The van der Waals surface area contributed by atoms with Gasteiger partial charge < -0.3 is 5.11 Å². The topological polar surface area (TPSA) is 57.6 Å². The Labute approximate surface area is 143 Å². The van der Waals surface area contributed by atoms with E-state index < -0.39 is 16.1 Å². The van der Waals surface area contributed by atoms with Crippen LogP contribution in [0.25, 0.3) is 5.57 Å². The molecule has 24 heavy (non-hydrogen) atoms. The molecule has 1 heterocycles.